The van der Waals surface area contributed by atoms with Gasteiger partial charge in [0.1, 0.15) is 0 Å². The van der Waals surface area contributed by atoms with E-state index in [4.69, 9.17) is 5.73 Å². The number of nitrogens with zero attached hydrogens (tertiary/aromatic N) is 1. The second kappa shape index (κ2) is 6.76. The molecule has 2 N–H and O–H groups in total. The van der Waals surface area contributed by atoms with E-state index in [9.17, 15) is 0 Å². The summed E-state index contributed by atoms with van der Waals surface area (Å²) in [6.07, 6.45) is 9.06. The molecule has 0 heterocycles. The predicted octanol–water partition coefficient (Wildman–Crippen LogP) is 3.68. The Hall–Kier alpha value is -1.28. The van der Waals surface area contributed by atoms with Gasteiger partial charge in [-0.1, -0.05) is 43.0 Å². The van der Waals surface area contributed by atoms with E-state index in [2.05, 4.69) is 49.3 Å². The summed E-state index contributed by atoms with van der Waals surface area (Å²) >= 11 is 0. The average Bonchev–Trinajstić information content (AvgIpc) is 2.46. The van der Waals surface area contributed by atoms with E-state index >= 15 is 0 Å². The minimum Gasteiger partial charge on any atom is -0.378 e. The molecule has 1 aliphatic rings. The molecule has 1 aliphatic carbocycles. The minimum atomic E-state index is 0.695. The Labute approximate surface area is 117 Å². The molecule has 1 aromatic rings. The largest absolute Gasteiger partial charge is 0.378 e. The molecule has 0 atom stereocenters. The monoisotopic (exact) mass is 258 g/mol. The summed E-state index contributed by atoms with van der Waals surface area (Å²) in [6.45, 7) is 0.695. The van der Waals surface area contributed by atoms with Gasteiger partial charge in [-0.15, -0.1) is 0 Å². The molecule has 1 fully saturated rings. The van der Waals surface area contributed by atoms with Gasteiger partial charge < -0.3 is 10.6 Å². The summed E-state index contributed by atoms with van der Waals surface area (Å²) in [5.74, 6) is 0.715. The molecule has 2 nitrogen and oxygen atoms in total. The van der Waals surface area contributed by atoms with E-state index in [0.29, 0.717) is 12.5 Å². The van der Waals surface area contributed by atoms with Gasteiger partial charge in [0.2, 0.25) is 0 Å². The molecule has 1 aromatic carbocycles. The Morgan fingerprint density at radius 3 is 2.32 bits per heavy atom. The van der Waals surface area contributed by atoms with Crippen molar-refractivity contribution in [1.29, 1.82) is 0 Å². The lowest BCUT2D eigenvalue weighted by molar-refractivity contribution is 0.401. The van der Waals surface area contributed by atoms with Gasteiger partial charge in [-0.3, -0.25) is 0 Å². The quantitative estimate of drug-likeness (QED) is 0.892. The van der Waals surface area contributed by atoms with E-state index in [1.54, 1.807) is 0 Å². The zero-order valence-corrected chi connectivity index (χ0v) is 12.2. The van der Waals surface area contributed by atoms with Crippen molar-refractivity contribution in [3.63, 3.8) is 0 Å². The maximum atomic E-state index is 5.95. The third-order valence-corrected chi connectivity index (χ3v) is 4.13. The van der Waals surface area contributed by atoms with Gasteiger partial charge in [0.25, 0.3) is 0 Å². The predicted molar refractivity (Wildman–Crippen MR) is 84.4 cm³/mol. The van der Waals surface area contributed by atoms with Crippen molar-refractivity contribution in [2.45, 2.75) is 32.1 Å². The van der Waals surface area contributed by atoms with E-state index in [0.717, 1.165) is 0 Å². The van der Waals surface area contributed by atoms with Gasteiger partial charge in [-0.05, 0) is 36.5 Å². The Kier molecular flexibility index (Phi) is 5.03. The summed E-state index contributed by atoms with van der Waals surface area (Å²) in [4.78, 5) is 2.12. The molecular weight excluding hydrogens is 232 g/mol. The molecule has 0 unspecified atom stereocenters. The zero-order valence-electron chi connectivity index (χ0n) is 12.2. The fourth-order valence-corrected chi connectivity index (χ4v) is 2.90. The molecule has 104 valence electrons. The first-order valence-electron chi connectivity index (χ1n) is 7.38. The molecule has 0 aliphatic heterocycles. The number of rotatable bonds is 4. The lowest BCUT2D eigenvalue weighted by Gasteiger charge is -2.24. The molecule has 0 saturated heterocycles. The number of anilines is 1. The summed E-state index contributed by atoms with van der Waals surface area (Å²) in [6, 6.07) is 8.71. The Morgan fingerprint density at radius 1 is 1.16 bits per heavy atom. The number of benzene rings is 1. The van der Waals surface area contributed by atoms with E-state index in [1.165, 1.54) is 48.9 Å². The summed E-state index contributed by atoms with van der Waals surface area (Å²) in [5, 5.41) is 0. The highest BCUT2D eigenvalue weighted by atomic mass is 15.1. The van der Waals surface area contributed by atoms with Crippen LogP contribution < -0.4 is 10.6 Å². The Bertz CT molecular complexity index is 411. The van der Waals surface area contributed by atoms with Gasteiger partial charge in [0.05, 0.1) is 0 Å². The highest BCUT2D eigenvalue weighted by Crippen LogP contribution is 2.30. The Balaban J connectivity index is 2.12. The molecule has 0 amide bonds. The van der Waals surface area contributed by atoms with Crippen molar-refractivity contribution in [2.24, 2.45) is 11.7 Å². The van der Waals surface area contributed by atoms with Crippen molar-refractivity contribution in [1.82, 2.24) is 0 Å². The first-order valence-corrected chi connectivity index (χ1v) is 7.38. The molecule has 0 radical (unpaired) electrons. The number of hydrogen-bond acceptors (Lipinski definition) is 2. The van der Waals surface area contributed by atoms with Crippen LogP contribution in [0.5, 0.6) is 0 Å². The lowest BCUT2D eigenvalue weighted by atomic mass is 9.83. The van der Waals surface area contributed by atoms with Crippen molar-refractivity contribution in [2.75, 3.05) is 25.5 Å². The summed E-state index contributed by atoms with van der Waals surface area (Å²) < 4.78 is 0. The maximum Gasteiger partial charge on any atom is 0.0361 e. The van der Waals surface area contributed by atoms with Crippen molar-refractivity contribution in [3.05, 3.63) is 35.4 Å². The lowest BCUT2D eigenvalue weighted by Crippen LogP contribution is -2.16. The van der Waals surface area contributed by atoms with Crippen LogP contribution in [0.1, 0.15) is 37.7 Å². The minimum absolute atomic E-state index is 0.695. The molecule has 19 heavy (non-hydrogen) atoms. The second-order valence-electron chi connectivity index (χ2n) is 5.74. The van der Waals surface area contributed by atoms with E-state index < -0.39 is 0 Å². The molecule has 0 spiro atoms. The van der Waals surface area contributed by atoms with Crippen LogP contribution >= 0.6 is 0 Å². The number of nitrogens with two attached hydrogens (primary N) is 1. The van der Waals surface area contributed by atoms with Crippen LogP contribution in [-0.4, -0.2) is 20.6 Å². The molecule has 2 heteroatoms. The van der Waals surface area contributed by atoms with Crippen LogP contribution in [0.3, 0.4) is 0 Å². The zero-order chi connectivity index (χ0) is 13.7. The van der Waals surface area contributed by atoms with Gasteiger partial charge in [-0.2, -0.15) is 0 Å². The van der Waals surface area contributed by atoms with Crippen molar-refractivity contribution in [3.8, 4) is 0 Å². The van der Waals surface area contributed by atoms with E-state index in [1.807, 2.05) is 0 Å². The second-order valence-corrected chi connectivity index (χ2v) is 5.74. The van der Waals surface area contributed by atoms with Gasteiger partial charge >= 0.3 is 0 Å². The normalized spacial score (nSPS) is 17.5. The first kappa shape index (κ1) is 14.1. The molecular formula is C17H26N2. The molecule has 0 bridgehead atoms. The van der Waals surface area contributed by atoms with Gasteiger partial charge in [-0.25, -0.2) is 0 Å². The SMILES string of the molecule is CN(C)c1ccc(C=C(CN)C2CCCCC2)cc1. The van der Waals surface area contributed by atoms with Crippen LogP contribution in [0, 0.1) is 5.92 Å². The van der Waals surface area contributed by atoms with E-state index in [-0.39, 0.29) is 0 Å². The standard InChI is InChI=1S/C17H26N2/c1-19(2)17-10-8-14(9-11-17)12-16(13-18)15-6-4-3-5-7-15/h8-12,15H,3-7,13,18H2,1-2H3. The van der Waals surface area contributed by atoms with Crippen LogP contribution in [-0.2, 0) is 0 Å². The van der Waals surface area contributed by atoms with Gasteiger partial charge in [0.15, 0.2) is 0 Å². The first-order chi connectivity index (χ1) is 9.20. The topological polar surface area (TPSA) is 29.3 Å². The Morgan fingerprint density at radius 2 is 1.79 bits per heavy atom. The molecule has 2 rings (SSSR count). The number of hydrogen-bond donors (Lipinski definition) is 1. The van der Waals surface area contributed by atoms with Crippen molar-refractivity contribution >= 4 is 11.8 Å². The van der Waals surface area contributed by atoms with Crippen LogP contribution in [0.2, 0.25) is 0 Å². The van der Waals surface area contributed by atoms with Crippen molar-refractivity contribution < 1.29 is 0 Å². The van der Waals surface area contributed by atoms with Crippen LogP contribution in [0.15, 0.2) is 29.8 Å². The third-order valence-electron chi connectivity index (χ3n) is 4.13. The third kappa shape index (κ3) is 3.84. The maximum absolute atomic E-state index is 5.95. The van der Waals surface area contributed by atoms with Gasteiger partial charge in [0, 0.05) is 26.3 Å². The average molecular weight is 258 g/mol. The molecule has 0 aromatic heterocycles. The van der Waals surface area contributed by atoms with Crippen LogP contribution in [0.4, 0.5) is 5.69 Å². The summed E-state index contributed by atoms with van der Waals surface area (Å²) in [7, 11) is 4.14. The fraction of sp³-hybridized carbons (Fsp3) is 0.529. The van der Waals surface area contributed by atoms with Crippen LogP contribution in [0.25, 0.3) is 6.08 Å². The summed E-state index contributed by atoms with van der Waals surface area (Å²) in [5.41, 5.74) is 9.90. The highest BCUT2D eigenvalue weighted by molar-refractivity contribution is 5.58. The fourth-order valence-electron chi connectivity index (χ4n) is 2.90. The molecule has 1 saturated carbocycles. The smallest absolute Gasteiger partial charge is 0.0361 e. The highest BCUT2D eigenvalue weighted by Gasteiger charge is 2.16.